The minimum absolute atomic E-state index is 0.690. The van der Waals surface area contributed by atoms with Gasteiger partial charge in [0.05, 0.1) is 0 Å². The summed E-state index contributed by atoms with van der Waals surface area (Å²) in [6.07, 6.45) is 3.80. The second-order valence-corrected chi connectivity index (χ2v) is 5.86. The third-order valence-electron chi connectivity index (χ3n) is 3.62. The van der Waals surface area contributed by atoms with Gasteiger partial charge in [-0.15, -0.1) is 0 Å². The molecular weight excluding hydrogens is 230 g/mol. The molecule has 96 valence electrons. The second kappa shape index (κ2) is 5.25. The normalized spacial score (nSPS) is 17.1. The Morgan fingerprint density at radius 2 is 2.18 bits per heavy atom. The SMILES string of the molecule is CCC(C)CN(CC)c1snc(N)c1C1CC1. The van der Waals surface area contributed by atoms with Crippen LogP contribution in [0.2, 0.25) is 0 Å². The number of hydrogen-bond acceptors (Lipinski definition) is 4. The van der Waals surface area contributed by atoms with Gasteiger partial charge in [0.2, 0.25) is 0 Å². The molecule has 1 heterocycles. The average molecular weight is 253 g/mol. The van der Waals surface area contributed by atoms with E-state index in [1.165, 1.54) is 29.8 Å². The lowest BCUT2D eigenvalue weighted by Gasteiger charge is -2.25. The predicted octanol–water partition coefficient (Wildman–Crippen LogP) is 3.48. The molecule has 1 aromatic heterocycles. The van der Waals surface area contributed by atoms with E-state index in [-0.39, 0.29) is 0 Å². The lowest BCUT2D eigenvalue weighted by atomic mass is 10.1. The van der Waals surface area contributed by atoms with Crippen LogP contribution < -0.4 is 10.6 Å². The fraction of sp³-hybridized carbons (Fsp3) is 0.769. The number of anilines is 2. The van der Waals surface area contributed by atoms with Crippen molar-refractivity contribution in [2.75, 3.05) is 23.7 Å². The van der Waals surface area contributed by atoms with E-state index in [1.807, 2.05) is 0 Å². The standard InChI is InChI=1S/C13H23N3S/c1-4-9(3)8-16(5-2)13-11(10-6-7-10)12(14)15-17-13/h9-10H,4-8H2,1-3H3,(H2,14,15). The Morgan fingerprint density at radius 3 is 2.71 bits per heavy atom. The van der Waals surface area contributed by atoms with Gasteiger partial charge in [0.1, 0.15) is 10.8 Å². The van der Waals surface area contributed by atoms with Gasteiger partial charge in [0.15, 0.2) is 0 Å². The Kier molecular flexibility index (Phi) is 3.92. The van der Waals surface area contributed by atoms with Gasteiger partial charge in [-0.2, -0.15) is 4.37 Å². The minimum atomic E-state index is 0.690. The van der Waals surface area contributed by atoms with Crippen molar-refractivity contribution in [3.05, 3.63) is 5.56 Å². The van der Waals surface area contributed by atoms with Crippen molar-refractivity contribution in [3.63, 3.8) is 0 Å². The van der Waals surface area contributed by atoms with Crippen molar-refractivity contribution in [3.8, 4) is 0 Å². The molecule has 1 aliphatic rings. The van der Waals surface area contributed by atoms with Crippen LogP contribution in [0, 0.1) is 5.92 Å². The molecule has 2 N–H and O–H groups in total. The van der Waals surface area contributed by atoms with E-state index >= 15 is 0 Å². The van der Waals surface area contributed by atoms with Crippen LogP contribution in [0.1, 0.15) is 51.5 Å². The highest BCUT2D eigenvalue weighted by molar-refractivity contribution is 7.10. The highest BCUT2D eigenvalue weighted by atomic mass is 32.1. The second-order valence-electron chi connectivity index (χ2n) is 5.11. The Bertz CT molecular complexity index is 371. The topological polar surface area (TPSA) is 42.2 Å². The van der Waals surface area contributed by atoms with E-state index in [9.17, 15) is 0 Å². The summed E-state index contributed by atoms with van der Waals surface area (Å²) >= 11 is 1.58. The van der Waals surface area contributed by atoms with Gasteiger partial charge in [-0.3, -0.25) is 0 Å². The summed E-state index contributed by atoms with van der Waals surface area (Å²) in [5.41, 5.74) is 7.34. The molecule has 3 nitrogen and oxygen atoms in total. The lowest BCUT2D eigenvalue weighted by Crippen LogP contribution is -2.28. The molecule has 0 aromatic carbocycles. The number of nitrogens with two attached hydrogens (primary N) is 1. The molecule has 1 fully saturated rings. The number of rotatable bonds is 6. The first-order chi connectivity index (χ1) is 8.17. The van der Waals surface area contributed by atoms with Crippen LogP contribution in [0.4, 0.5) is 10.8 Å². The zero-order chi connectivity index (χ0) is 12.4. The summed E-state index contributed by atoms with van der Waals surface area (Å²) in [5, 5.41) is 1.33. The monoisotopic (exact) mass is 253 g/mol. The lowest BCUT2D eigenvalue weighted by molar-refractivity contribution is 0.549. The quantitative estimate of drug-likeness (QED) is 0.844. The largest absolute Gasteiger partial charge is 0.383 e. The van der Waals surface area contributed by atoms with E-state index in [2.05, 4.69) is 30.0 Å². The van der Waals surface area contributed by atoms with Crippen LogP contribution in [-0.2, 0) is 0 Å². The molecule has 0 aliphatic heterocycles. The van der Waals surface area contributed by atoms with E-state index in [0.29, 0.717) is 5.92 Å². The molecule has 1 aromatic rings. The first-order valence-electron chi connectivity index (χ1n) is 6.67. The van der Waals surface area contributed by atoms with Crippen LogP contribution in [0.5, 0.6) is 0 Å². The zero-order valence-corrected chi connectivity index (χ0v) is 11.9. The molecule has 0 amide bonds. The summed E-state index contributed by atoms with van der Waals surface area (Å²) in [6, 6.07) is 0. The zero-order valence-electron chi connectivity index (χ0n) is 11.1. The Balaban J connectivity index is 2.18. The molecule has 0 spiro atoms. The van der Waals surface area contributed by atoms with E-state index in [0.717, 1.165) is 24.8 Å². The summed E-state index contributed by atoms with van der Waals surface area (Å²) in [4.78, 5) is 2.45. The highest BCUT2D eigenvalue weighted by Crippen LogP contribution is 2.48. The molecule has 17 heavy (non-hydrogen) atoms. The summed E-state index contributed by atoms with van der Waals surface area (Å²) in [6.45, 7) is 8.94. The summed E-state index contributed by atoms with van der Waals surface area (Å²) in [5.74, 6) is 2.19. The summed E-state index contributed by atoms with van der Waals surface area (Å²) < 4.78 is 4.36. The van der Waals surface area contributed by atoms with Crippen molar-refractivity contribution >= 4 is 22.4 Å². The van der Waals surface area contributed by atoms with Crippen LogP contribution in [-0.4, -0.2) is 17.5 Å². The fourth-order valence-corrected chi connectivity index (χ4v) is 3.12. The number of aromatic nitrogens is 1. The number of nitrogen functional groups attached to an aromatic ring is 1. The molecular formula is C13H23N3S. The first kappa shape index (κ1) is 12.7. The maximum atomic E-state index is 6.01. The van der Waals surface area contributed by atoms with Gasteiger partial charge in [-0.1, -0.05) is 20.3 Å². The molecule has 1 atom stereocenters. The summed E-state index contributed by atoms with van der Waals surface area (Å²) in [7, 11) is 0. The Morgan fingerprint density at radius 1 is 1.47 bits per heavy atom. The van der Waals surface area contributed by atoms with Gasteiger partial charge in [-0.05, 0) is 43.1 Å². The van der Waals surface area contributed by atoms with Crippen LogP contribution in [0.15, 0.2) is 0 Å². The minimum Gasteiger partial charge on any atom is -0.383 e. The van der Waals surface area contributed by atoms with Crippen molar-refractivity contribution < 1.29 is 0 Å². The first-order valence-corrected chi connectivity index (χ1v) is 7.44. The van der Waals surface area contributed by atoms with Gasteiger partial charge in [0, 0.05) is 18.7 Å². The molecule has 1 aliphatic carbocycles. The van der Waals surface area contributed by atoms with Gasteiger partial charge in [0.25, 0.3) is 0 Å². The average Bonchev–Trinajstić information content (AvgIpc) is 3.09. The molecule has 1 saturated carbocycles. The van der Waals surface area contributed by atoms with Crippen LogP contribution in [0.3, 0.4) is 0 Å². The van der Waals surface area contributed by atoms with Crippen molar-refractivity contribution in [2.45, 2.75) is 46.0 Å². The maximum absolute atomic E-state index is 6.01. The van der Waals surface area contributed by atoms with Crippen molar-refractivity contribution in [1.82, 2.24) is 4.37 Å². The number of nitrogens with zero attached hydrogens (tertiary/aromatic N) is 2. The van der Waals surface area contributed by atoms with E-state index in [4.69, 9.17) is 5.73 Å². The van der Waals surface area contributed by atoms with Gasteiger partial charge in [-0.25, -0.2) is 0 Å². The fourth-order valence-electron chi connectivity index (χ4n) is 2.15. The van der Waals surface area contributed by atoms with Crippen molar-refractivity contribution in [2.24, 2.45) is 5.92 Å². The third-order valence-corrected chi connectivity index (χ3v) is 4.56. The smallest absolute Gasteiger partial charge is 0.142 e. The Hall–Kier alpha value is -0.770. The molecule has 0 bridgehead atoms. The van der Waals surface area contributed by atoms with E-state index in [1.54, 1.807) is 11.5 Å². The molecule has 0 saturated heterocycles. The maximum Gasteiger partial charge on any atom is 0.142 e. The molecule has 0 radical (unpaired) electrons. The Labute approximate surface area is 108 Å². The van der Waals surface area contributed by atoms with Crippen molar-refractivity contribution in [1.29, 1.82) is 0 Å². The predicted molar refractivity (Wildman–Crippen MR) is 75.8 cm³/mol. The molecule has 2 rings (SSSR count). The van der Waals surface area contributed by atoms with E-state index < -0.39 is 0 Å². The highest BCUT2D eigenvalue weighted by Gasteiger charge is 2.32. The number of hydrogen-bond donors (Lipinski definition) is 1. The van der Waals surface area contributed by atoms with Gasteiger partial charge < -0.3 is 10.6 Å². The van der Waals surface area contributed by atoms with Crippen LogP contribution >= 0.6 is 11.5 Å². The third kappa shape index (κ3) is 2.73. The molecule has 1 unspecified atom stereocenters. The van der Waals surface area contributed by atoms with Crippen LogP contribution in [0.25, 0.3) is 0 Å². The molecule has 4 heteroatoms. The van der Waals surface area contributed by atoms with Gasteiger partial charge >= 0.3 is 0 Å².